The second-order valence-electron chi connectivity index (χ2n) is 6.17. The third kappa shape index (κ3) is 4.86. The number of aliphatic imine (C=N–C) groups is 1. The van der Waals surface area contributed by atoms with Crippen LogP contribution in [0.25, 0.3) is 0 Å². The summed E-state index contributed by atoms with van der Waals surface area (Å²) < 4.78 is 67.9. The third-order valence-electron chi connectivity index (χ3n) is 4.07. The fourth-order valence-electron chi connectivity index (χ4n) is 2.72. The van der Waals surface area contributed by atoms with Crippen molar-refractivity contribution < 1.29 is 31.1 Å². The summed E-state index contributed by atoms with van der Waals surface area (Å²) in [5.41, 5.74) is 0.520. The minimum Gasteiger partial charge on any atom is -0.405 e. The van der Waals surface area contributed by atoms with Gasteiger partial charge in [0.15, 0.2) is 0 Å². The maximum Gasteiger partial charge on any atom is 0.573 e. The molecule has 7 nitrogen and oxygen atoms in total. The fraction of sp³-hybridized carbons (Fsp3) is 0.222. The Balaban J connectivity index is 1.71. The number of alkyl halides is 3. The zero-order valence-electron chi connectivity index (χ0n) is 15.1. The molecule has 3 rings (SSSR count). The molecule has 0 aromatic heterocycles. The number of hydrogen-bond donors (Lipinski definition) is 1. The van der Waals surface area contributed by atoms with Gasteiger partial charge in [-0.2, -0.15) is 0 Å². The quantitative estimate of drug-likeness (QED) is 0.793. The molecule has 1 amide bonds. The summed E-state index contributed by atoms with van der Waals surface area (Å²) in [5.74, 6) is -0.866. The molecule has 154 valence electrons. The van der Waals surface area contributed by atoms with Gasteiger partial charge < -0.3 is 9.64 Å². The zero-order valence-corrected chi connectivity index (χ0v) is 15.9. The molecule has 1 heterocycles. The van der Waals surface area contributed by atoms with Gasteiger partial charge in [-0.05, 0) is 18.2 Å². The highest BCUT2D eigenvalue weighted by Gasteiger charge is 2.32. The number of ether oxygens (including phenoxy) is 1. The lowest BCUT2D eigenvalue weighted by Crippen LogP contribution is -2.30. The van der Waals surface area contributed by atoms with Crippen LogP contribution in [0.2, 0.25) is 0 Å². The van der Waals surface area contributed by atoms with Gasteiger partial charge in [-0.25, -0.2) is 8.42 Å². The van der Waals surface area contributed by atoms with Crippen LogP contribution in [-0.2, 0) is 21.4 Å². The Morgan fingerprint density at radius 3 is 2.52 bits per heavy atom. The number of carbonyl (C=O) groups is 1. The van der Waals surface area contributed by atoms with Gasteiger partial charge in [0.1, 0.15) is 18.1 Å². The molecule has 29 heavy (non-hydrogen) atoms. The van der Waals surface area contributed by atoms with E-state index in [9.17, 15) is 26.4 Å². The van der Waals surface area contributed by atoms with Gasteiger partial charge in [-0.1, -0.05) is 30.3 Å². The van der Waals surface area contributed by atoms with Crippen molar-refractivity contribution in [3.8, 4) is 5.75 Å². The number of hydrogen-bond acceptors (Lipinski definition) is 5. The van der Waals surface area contributed by atoms with Crippen LogP contribution in [0.15, 0.2) is 58.4 Å². The Morgan fingerprint density at radius 2 is 1.79 bits per heavy atom. The van der Waals surface area contributed by atoms with Crippen LogP contribution in [0.1, 0.15) is 11.1 Å². The lowest BCUT2D eigenvalue weighted by atomic mass is 10.2. The molecule has 0 unspecified atom stereocenters. The second-order valence-corrected chi connectivity index (χ2v) is 7.82. The highest BCUT2D eigenvalue weighted by atomic mass is 32.2. The average molecular weight is 427 g/mol. The number of carbonyl (C=O) groups excluding carboxylic acids is 1. The molecular formula is C18H16F3N3O4S. The largest absolute Gasteiger partial charge is 0.573 e. The van der Waals surface area contributed by atoms with Crippen molar-refractivity contribution in [2.75, 3.05) is 13.6 Å². The van der Waals surface area contributed by atoms with Crippen molar-refractivity contribution >= 4 is 21.8 Å². The van der Waals surface area contributed by atoms with E-state index in [0.29, 0.717) is 5.56 Å². The number of para-hydroxylation sites is 1. The zero-order chi connectivity index (χ0) is 21.2. The Morgan fingerprint density at radius 1 is 1.14 bits per heavy atom. The summed E-state index contributed by atoms with van der Waals surface area (Å²) in [6, 6.07) is 11.7. The normalized spacial score (nSPS) is 16.2. The topological polar surface area (TPSA) is 88.1 Å². The van der Waals surface area contributed by atoms with Gasteiger partial charge in [-0.15, -0.1) is 13.2 Å². The lowest BCUT2D eigenvalue weighted by Gasteiger charge is -2.19. The number of fused-ring (bicyclic) bond motifs is 1. The third-order valence-corrected chi connectivity index (χ3v) is 5.46. The smallest absolute Gasteiger partial charge is 0.405 e. The minimum absolute atomic E-state index is 0.0446. The van der Waals surface area contributed by atoms with E-state index >= 15 is 0 Å². The van der Waals surface area contributed by atoms with Crippen LogP contribution < -0.4 is 9.46 Å². The Kier molecular flexibility index (Phi) is 5.51. The molecular weight excluding hydrogens is 411 g/mol. The molecule has 1 N–H and O–H groups in total. The van der Waals surface area contributed by atoms with E-state index in [1.165, 1.54) is 36.2 Å². The molecule has 0 fully saturated rings. The molecule has 0 atom stereocenters. The second kappa shape index (κ2) is 7.74. The fourth-order valence-corrected chi connectivity index (χ4v) is 3.97. The van der Waals surface area contributed by atoms with Gasteiger partial charge in [0, 0.05) is 24.7 Å². The van der Waals surface area contributed by atoms with Gasteiger partial charge in [-0.3, -0.25) is 14.5 Å². The first-order valence-corrected chi connectivity index (χ1v) is 9.79. The SMILES string of the molecule is CN(Cc1ccccc1OC(F)(F)F)C(=O)CN=C1NS(=O)(=O)c2ccccc21. The van der Waals surface area contributed by atoms with Crippen molar-refractivity contribution in [3.05, 3.63) is 59.7 Å². The van der Waals surface area contributed by atoms with Crippen LogP contribution >= 0.6 is 0 Å². The molecule has 0 aliphatic carbocycles. The van der Waals surface area contributed by atoms with Gasteiger partial charge in [0.05, 0.1) is 4.90 Å². The molecule has 0 spiro atoms. The molecule has 11 heteroatoms. The molecule has 1 aliphatic rings. The van der Waals surface area contributed by atoms with E-state index in [-0.39, 0.29) is 29.4 Å². The maximum absolute atomic E-state index is 12.5. The van der Waals surface area contributed by atoms with Crippen LogP contribution in [0.3, 0.4) is 0 Å². The number of nitrogens with one attached hydrogen (secondary N) is 1. The van der Waals surface area contributed by atoms with Crippen LogP contribution in [0.4, 0.5) is 13.2 Å². The number of sulfonamides is 1. The van der Waals surface area contributed by atoms with E-state index in [1.54, 1.807) is 18.2 Å². The first-order valence-electron chi connectivity index (χ1n) is 8.31. The predicted molar refractivity (Wildman–Crippen MR) is 97.8 cm³/mol. The summed E-state index contributed by atoms with van der Waals surface area (Å²) in [6.45, 7) is -0.525. The molecule has 0 radical (unpaired) electrons. The number of nitrogens with zero attached hydrogens (tertiary/aromatic N) is 2. The van der Waals surface area contributed by atoms with Gasteiger partial charge in [0.2, 0.25) is 5.91 Å². The Bertz CT molecular complexity index is 1070. The molecule has 0 saturated carbocycles. The summed E-state index contributed by atoms with van der Waals surface area (Å²) in [6.07, 6.45) is -4.85. The standard InChI is InChI=1S/C18H16F3N3O4S/c1-24(11-12-6-2-4-8-14(12)28-18(19,20)21)16(25)10-22-17-13-7-3-5-9-15(13)29(26,27)23-17/h2-9H,10-11H2,1H3,(H,22,23). The van der Waals surface area contributed by atoms with Crippen LogP contribution in [0, 0.1) is 0 Å². The van der Waals surface area contributed by atoms with E-state index in [2.05, 4.69) is 14.5 Å². The summed E-state index contributed by atoms with van der Waals surface area (Å²) in [5, 5.41) is 0. The Labute approximate surface area is 164 Å². The predicted octanol–water partition coefficient (Wildman–Crippen LogP) is 2.28. The summed E-state index contributed by atoms with van der Waals surface area (Å²) >= 11 is 0. The molecule has 1 aliphatic heterocycles. The number of amides is 1. The first-order chi connectivity index (χ1) is 13.6. The first kappa shape index (κ1) is 20.6. The number of halogens is 3. The summed E-state index contributed by atoms with van der Waals surface area (Å²) in [7, 11) is -2.32. The lowest BCUT2D eigenvalue weighted by molar-refractivity contribution is -0.275. The Hall–Kier alpha value is -3.08. The van der Waals surface area contributed by atoms with E-state index in [0.717, 1.165) is 6.07 Å². The minimum atomic E-state index is -4.85. The number of rotatable bonds is 5. The summed E-state index contributed by atoms with van der Waals surface area (Å²) in [4.78, 5) is 17.6. The van der Waals surface area contributed by atoms with Gasteiger partial charge in [0.25, 0.3) is 10.0 Å². The highest BCUT2D eigenvalue weighted by Crippen LogP contribution is 2.27. The van der Waals surface area contributed by atoms with Crippen molar-refractivity contribution in [3.63, 3.8) is 0 Å². The molecule has 0 bridgehead atoms. The van der Waals surface area contributed by atoms with Crippen molar-refractivity contribution in [2.45, 2.75) is 17.8 Å². The van der Waals surface area contributed by atoms with Crippen LogP contribution in [0.5, 0.6) is 5.75 Å². The molecule has 2 aromatic carbocycles. The van der Waals surface area contributed by atoms with Crippen LogP contribution in [-0.4, -0.2) is 45.0 Å². The van der Waals surface area contributed by atoms with E-state index in [4.69, 9.17) is 0 Å². The molecule has 2 aromatic rings. The van der Waals surface area contributed by atoms with E-state index < -0.39 is 28.0 Å². The number of likely N-dealkylation sites (N-methyl/N-ethyl adjacent to an activating group) is 1. The maximum atomic E-state index is 12.5. The van der Waals surface area contributed by atoms with Crippen molar-refractivity contribution in [2.24, 2.45) is 4.99 Å². The molecule has 0 saturated heterocycles. The van der Waals surface area contributed by atoms with E-state index in [1.807, 2.05) is 0 Å². The van der Waals surface area contributed by atoms with Gasteiger partial charge >= 0.3 is 6.36 Å². The average Bonchev–Trinajstić information content (AvgIpc) is 2.91. The highest BCUT2D eigenvalue weighted by molar-refractivity contribution is 7.90. The number of benzene rings is 2. The number of amidine groups is 1. The monoisotopic (exact) mass is 427 g/mol. The van der Waals surface area contributed by atoms with Crippen molar-refractivity contribution in [1.29, 1.82) is 0 Å². The van der Waals surface area contributed by atoms with Crippen molar-refractivity contribution in [1.82, 2.24) is 9.62 Å².